The average Bonchev–Trinajstić information content (AvgIpc) is 2.93. The maximum absolute atomic E-state index is 11.4. The van der Waals surface area contributed by atoms with Gasteiger partial charge in [0.2, 0.25) is 11.5 Å². The first kappa shape index (κ1) is 19.7. The van der Waals surface area contributed by atoms with Gasteiger partial charge in [0, 0.05) is 31.7 Å². The van der Waals surface area contributed by atoms with Gasteiger partial charge in [0.1, 0.15) is 17.6 Å². The number of aromatic nitrogens is 2. The Labute approximate surface area is 168 Å². The van der Waals surface area contributed by atoms with Crippen molar-refractivity contribution in [3.63, 3.8) is 0 Å². The topological polar surface area (TPSA) is 76.5 Å². The van der Waals surface area contributed by atoms with Crippen molar-refractivity contribution in [2.75, 3.05) is 12.4 Å². The quantitative estimate of drug-likeness (QED) is 0.389. The second kappa shape index (κ2) is 8.17. The summed E-state index contributed by atoms with van der Waals surface area (Å²) >= 11 is 0. The zero-order valence-electron chi connectivity index (χ0n) is 14.6. The molecule has 0 saturated carbocycles. The van der Waals surface area contributed by atoms with Crippen molar-refractivity contribution < 1.29 is 42.7 Å². The Hall–Kier alpha value is -2.62. The Kier molecular flexibility index (Phi) is 6.19. The number of rotatable bonds is 3. The van der Waals surface area contributed by atoms with Crippen LogP contribution < -0.4 is 43.7 Å². The van der Waals surface area contributed by atoms with Crippen LogP contribution in [0.15, 0.2) is 48.7 Å². The zero-order chi connectivity index (χ0) is 18.0. The summed E-state index contributed by atoms with van der Waals surface area (Å²) in [7, 11) is 3.45. The van der Waals surface area contributed by atoms with E-state index in [-0.39, 0.29) is 29.9 Å². The van der Waals surface area contributed by atoms with E-state index in [1.54, 1.807) is 12.1 Å². The highest BCUT2D eigenvalue weighted by Crippen LogP contribution is 2.24. The number of fused-ring (bicyclic) bond motifs is 1. The van der Waals surface area contributed by atoms with E-state index in [9.17, 15) is 9.59 Å². The molecule has 0 bridgehead atoms. The molecule has 0 saturated heterocycles. The van der Waals surface area contributed by atoms with Crippen LogP contribution in [-0.4, -0.2) is 23.6 Å². The van der Waals surface area contributed by atoms with Gasteiger partial charge in [0.15, 0.2) is 0 Å². The summed E-state index contributed by atoms with van der Waals surface area (Å²) in [6.45, 7) is 1.48. The van der Waals surface area contributed by atoms with Crippen LogP contribution in [0.5, 0.6) is 5.75 Å². The normalized spacial score (nSPS) is 10.1. The van der Waals surface area contributed by atoms with E-state index in [2.05, 4.69) is 10.6 Å². The molecule has 2 amide bonds. The van der Waals surface area contributed by atoms with Crippen molar-refractivity contribution >= 4 is 23.5 Å². The summed E-state index contributed by atoms with van der Waals surface area (Å²) in [5, 5.41) is 5.24. The van der Waals surface area contributed by atoms with Gasteiger partial charge in [-0.25, -0.2) is 14.5 Å². The Balaban J connectivity index is 0.00000243. The number of aryl methyl sites for hydroxylation is 1. The van der Waals surface area contributed by atoms with Crippen molar-refractivity contribution in [1.82, 2.24) is 9.88 Å². The average molecular weight is 466 g/mol. The SMILES string of the molecule is CNC(=O)Oc1cccc(-c2c[n+]3c(NC(C)=O)cccc3n2C)c1.[I-]. The lowest BCUT2D eigenvalue weighted by molar-refractivity contribution is -0.494. The van der Waals surface area contributed by atoms with Crippen LogP contribution in [0.4, 0.5) is 10.6 Å². The summed E-state index contributed by atoms with van der Waals surface area (Å²) in [5.41, 5.74) is 2.72. The number of pyridine rings is 1. The number of benzene rings is 1. The van der Waals surface area contributed by atoms with E-state index in [0.29, 0.717) is 11.6 Å². The van der Waals surface area contributed by atoms with Crippen LogP contribution in [0, 0.1) is 0 Å². The second-order valence-corrected chi connectivity index (χ2v) is 5.56. The molecule has 0 spiro atoms. The summed E-state index contributed by atoms with van der Waals surface area (Å²) in [4.78, 5) is 22.8. The molecule has 3 rings (SSSR count). The van der Waals surface area contributed by atoms with E-state index in [0.717, 1.165) is 16.9 Å². The molecule has 0 unspecified atom stereocenters. The van der Waals surface area contributed by atoms with Crippen LogP contribution in [0.25, 0.3) is 16.9 Å². The highest BCUT2D eigenvalue weighted by molar-refractivity contribution is 5.87. The number of nitrogens with zero attached hydrogens (tertiary/aromatic N) is 2. The molecule has 0 aliphatic rings. The Bertz CT molecular complexity index is 968. The molecule has 3 aromatic rings. The number of halogens is 1. The first-order valence-electron chi connectivity index (χ1n) is 7.77. The van der Waals surface area contributed by atoms with Crippen LogP contribution >= 0.6 is 0 Å². The maximum Gasteiger partial charge on any atom is 0.412 e. The number of hydrogen-bond acceptors (Lipinski definition) is 3. The molecule has 0 aliphatic carbocycles. The number of hydrogen-bond donors (Lipinski definition) is 2. The lowest BCUT2D eigenvalue weighted by Gasteiger charge is -2.05. The Morgan fingerprint density at radius 1 is 1.15 bits per heavy atom. The third-order valence-electron chi connectivity index (χ3n) is 3.81. The number of nitrogens with one attached hydrogen (secondary N) is 2. The first-order chi connectivity index (χ1) is 12.0. The molecule has 0 radical (unpaired) electrons. The Morgan fingerprint density at radius 3 is 2.58 bits per heavy atom. The molecular weight excluding hydrogens is 447 g/mol. The van der Waals surface area contributed by atoms with Crippen molar-refractivity contribution in [3.8, 4) is 17.0 Å². The zero-order valence-corrected chi connectivity index (χ0v) is 16.8. The number of carbonyl (C=O) groups is 2. The van der Waals surface area contributed by atoms with Gasteiger partial charge in [-0.3, -0.25) is 9.36 Å². The molecule has 2 heterocycles. The van der Waals surface area contributed by atoms with Crippen LogP contribution in [0.1, 0.15) is 6.92 Å². The molecule has 0 fully saturated rings. The lowest BCUT2D eigenvalue weighted by atomic mass is 10.1. The number of carbonyl (C=O) groups excluding carboxylic acids is 2. The van der Waals surface area contributed by atoms with Crippen LogP contribution in [0.3, 0.4) is 0 Å². The summed E-state index contributed by atoms with van der Waals surface area (Å²) in [6.07, 6.45) is 1.41. The van der Waals surface area contributed by atoms with Gasteiger partial charge in [0.25, 0.3) is 5.91 Å². The third-order valence-corrected chi connectivity index (χ3v) is 3.81. The minimum atomic E-state index is -0.517. The molecule has 1 aromatic carbocycles. The Morgan fingerprint density at radius 2 is 1.88 bits per heavy atom. The standard InChI is InChI=1S/C18H18N4O3.HI/c1-12(23)20-16-8-5-9-17-21(3)15(11-22(16)17)13-6-4-7-14(10-13)25-18(24)19-2;/h4-11H,1-3H3,(H,19,24);1H. The van der Waals surface area contributed by atoms with Gasteiger partial charge in [-0.15, -0.1) is 0 Å². The van der Waals surface area contributed by atoms with E-state index in [1.165, 1.54) is 14.0 Å². The molecule has 0 aliphatic heterocycles. The second-order valence-electron chi connectivity index (χ2n) is 5.56. The molecule has 26 heavy (non-hydrogen) atoms. The fourth-order valence-electron chi connectivity index (χ4n) is 2.68. The van der Waals surface area contributed by atoms with E-state index in [4.69, 9.17) is 4.74 Å². The monoisotopic (exact) mass is 466 g/mol. The molecule has 2 N–H and O–H groups in total. The van der Waals surface area contributed by atoms with Gasteiger partial charge in [-0.05, 0) is 18.2 Å². The predicted molar refractivity (Wildman–Crippen MR) is 93.4 cm³/mol. The molecule has 136 valence electrons. The highest BCUT2D eigenvalue weighted by Gasteiger charge is 2.17. The molecular formula is C18H19IN4O3. The predicted octanol–water partition coefficient (Wildman–Crippen LogP) is -0.889. The third kappa shape index (κ3) is 3.96. The van der Waals surface area contributed by atoms with E-state index in [1.807, 2.05) is 52.5 Å². The fraction of sp³-hybridized carbons (Fsp3) is 0.167. The first-order valence-corrected chi connectivity index (χ1v) is 7.77. The van der Waals surface area contributed by atoms with Gasteiger partial charge in [0.05, 0.1) is 7.05 Å². The molecule has 8 heteroatoms. The number of ether oxygens (including phenoxy) is 1. The maximum atomic E-state index is 11.4. The van der Waals surface area contributed by atoms with Gasteiger partial charge >= 0.3 is 6.09 Å². The molecule has 2 aromatic heterocycles. The van der Waals surface area contributed by atoms with Crippen LogP contribution in [-0.2, 0) is 11.8 Å². The minimum Gasteiger partial charge on any atom is -1.00 e. The molecule has 7 nitrogen and oxygen atoms in total. The fourth-order valence-corrected chi connectivity index (χ4v) is 2.68. The van der Waals surface area contributed by atoms with Gasteiger partial charge < -0.3 is 34.0 Å². The van der Waals surface area contributed by atoms with E-state index < -0.39 is 6.09 Å². The van der Waals surface area contributed by atoms with Crippen LogP contribution in [0.2, 0.25) is 0 Å². The molecule has 0 atom stereocenters. The summed E-state index contributed by atoms with van der Waals surface area (Å²) < 4.78 is 9.10. The number of amides is 2. The van der Waals surface area contributed by atoms with Gasteiger partial charge in [-0.2, -0.15) is 0 Å². The lowest BCUT2D eigenvalue weighted by Crippen LogP contribution is -3.00. The van der Waals surface area contributed by atoms with Gasteiger partial charge in [-0.1, -0.05) is 12.1 Å². The van der Waals surface area contributed by atoms with E-state index >= 15 is 0 Å². The largest absolute Gasteiger partial charge is 1.00 e. The number of imidazole rings is 1. The summed E-state index contributed by atoms with van der Waals surface area (Å²) in [5.74, 6) is 1.00. The summed E-state index contributed by atoms with van der Waals surface area (Å²) in [6, 6.07) is 13.0. The van der Waals surface area contributed by atoms with Crippen molar-refractivity contribution in [3.05, 3.63) is 48.7 Å². The highest BCUT2D eigenvalue weighted by atomic mass is 127. The number of anilines is 1. The van der Waals surface area contributed by atoms with Crippen molar-refractivity contribution in [1.29, 1.82) is 0 Å². The van der Waals surface area contributed by atoms with Crippen molar-refractivity contribution in [2.45, 2.75) is 6.92 Å². The van der Waals surface area contributed by atoms with Crippen molar-refractivity contribution in [2.24, 2.45) is 7.05 Å². The smallest absolute Gasteiger partial charge is 0.412 e. The minimum absolute atomic E-state index is 0.